The Labute approximate surface area is 72.4 Å². The van der Waals surface area contributed by atoms with Gasteiger partial charge in [0, 0.05) is 6.20 Å². The summed E-state index contributed by atoms with van der Waals surface area (Å²) in [5.74, 6) is 0. The average Bonchev–Trinajstić information content (AvgIpc) is 2.03. The number of halogens is 3. The summed E-state index contributed by atoms with van der Waals surface area (Å²) in [6.07, 6.45) is -1.64. The first-order chi connectivity index (χ1) is 5.65. The third kappa shape index (κ3) is 1.69. The molecule has 0 spiro atoms. The molecule has 62 valence electrons. The Hall–Kier alpha value is -1.21. The molecule has 0 aliphatic carbocycles. The van der Waals surface area contributed by atoms with Crippen LogP contribution in [0.5, 0.6) is 0 Å². The predicted molar refractivity (Wildman–Crippen MR) is 38.9 cm³/mol. The first kappa shape index (κ1) is 8.88. The Balaban J connectivity index is 3.14. The molecule has 0 fully saturated rings. The third-order valence-corrected chi connectivity index (χ3v) is 1.51. The number of nitrogens with zero attached hydrogens (tertiary/aromatic N) is 2. The summed E-state index contributed by atoms with van der Waals surface area (Å²) in [7, 11) is 0. The van der Waals surface area contributed by atoms with E-state index < -0.39 is 12.1 Å². The Morgan fingerprint density at radius 2 is 2.25 bits per heavy atom. The van der Waals surface area contributed by atoms with Gasteiger partial charge in [-0.15, -0.1) is 0 Å². The second-order valence-corrected chi connectivity index (χ2v) is 2.41. The normalized spacial score (nSPS) is 9.92. The van der Waals surface area contributed by atoms with Crippen molar-refractivity contribution < 1.29 is 8.78 Å². The smallest absolute Gasteiger partial charge is 0.252 e. The van der Waals surface area contributed by atoms with Crippen LogP contribution in [0.4, 0.5) is 8.78 Å². The van der Waals surface area contributed by atoms with Crippen molar-refractivity contribution in [3.63, 3.8) is 0 Å². The summed E-state index contributed by atoms with van der Waals surface area (Å²) >= 11 is 5.41. The molecule has 1 rings (SSSR count). The van der Waals surface area contributed by atoms with Gasteiger partial charge in [0.25, 0.3) is 6.43 Å². The third-order valence-electron chi connectivity index (χ3n) is 1.21. The molecule has 0 unspecified atom stereocenters. The number of rotatable bonds is 1. The van der Waals surface area contributed by atoms with Gasteiger partial charge in [0.2, 0.25) is 0 Å². The van der Waals surface area contributed by atoms with Gasteiger partial charge in [0.15, 0.2) is 0 Å². The van der Waals surface area contributed by atoms with Gasteiger partial charge < -0.3 is 0 Å². The van der Waals surface area contributed by atoms with Crippen molar-refractivity contribution in [3.8, 4) is 6.07 Å². The molecule has 0 aromatic carbocycles. The lowest BCUT2D eigenvalue weighted by Crippen LogP contribution is -1.91. The molecule has 0 saturated carbocycles. The van der Waals surface area contributed by atoms with Gasteiger partial charge in [-0.1, -0.05) is 11.6 Å². The average molecular weight is 189 g/mol. The standard InChI is InChI=1S/C7H3ClF2N2/c8-5-1-4(2-11)3-12-6(5)7(9)10/h1,3,7H. The van der Waals surface area contributed by atoms with Crippen LogP contribution in [0.15, 0.2) is 12.3 Å². The van der Waals surface area contributed by atoms with Crippen LogP contribution in [0.2, 0.25) is 5.02 Å². The number of nitriles is 1. The minimum atomic E-state index is -2.70. The summed E-state index contributed by atoms with van der Waals surface area (Å²) in [6.45, 7) is 0. The number of aromatic nitrogens is 1. The van der Waals surface area contributed by atoms with Crippen molar-refractivity contribution >= 4 is 11.6 Å². The van der Waals surface area contributed by atoms with Gasteiger partial charge in [0.1, 0.15) is 11.8 Å². The fraction of sp³-hybridized carbons (Fsp3) is 0.143. The van der Waals surface area contributed by atoms with Crippen LogP contribution < -0.4 is 0 Å². The highest BCUT2D eigenvalue weighted by molar-refractivity contribution is 6.31. The van der Waals surface area contributed by atoms with Crippen LogP contribution in [-0.4, -0.2) is 4.98 Å². The number of alkyl halides is 2. The molecule has 0 atom stereocenters. The van der Waals surface area contributed by atoms with Gasteiger partial charge in [-0.25, -0.2) is 8.78 Å². The number of pyridine rings is 1. The molecule has 0 aliphatic heterocycles. The monoisotopic (exact) mass is 188 g/mol. The zero-order chi connectivity index (χ0) is 9.14. The van der Waals surface area contributed by atoms with E-state index in [0.717, 1.165) is 12.3 Å². The molecule has 2 nitrogen and oxygen atoms in total. The van der Waals surface area contributed by atoms with E-state index in [1.807, 2.05) is 0 Å². The van der Waals surface area contributed by atoms with Crippen LogP contribution in [-0.2, 0) is 0 Å². The topological polar surface area (TPSA) is 36.7 Å². The highest BCUT2D eigenvalue weighted by Gasteiger charge is 2.13. The van der Waals surface area contributed by atoms with E-state index in [1.54, 1.807) is 6.07 Å². The fourth-order valence-corrected chi connectivity index (χ4v) is 0.919. The van der Waals surface area contributed by atoms with Crippen LogP contribution in [0.25, 0.3) is 0 Å². The largest absolute Gasteiger partial charge is 0.281 e. The van der Waals surface area contributed by atoms with Gasteiger partial charge in [-0.05, 0) is 6.07 Å². The van der Waals surface area contributed by atoms with E-state index >= 15 is 0 Å². The highest BCUT2D eigenvalue weighted by atomic mass is 35.5. The van der Waals surface area contributed by atoms with Crippen LogP contribution in [0.1, 0.15) is 17.7 Å². The van der Waals surface area contributed by atoms with E-state index in [0.29, 0.717) is 0 Å². The van der Waals surface area contributed by atoms with Crippen molar-refractivity contribution in [1.29, 1.82) is 5.26 Å². The van der Waals surface area contributed by atoms with Crippen molar-refractivity contribution in [3.05, 3.63) is 28.5 Å². The molecule has 1 aromatic rings. The minimum absolute atomic E-state index is 0.171. The van der Waals surface area contributed by atoms with Gasteiger partial charge in [-0.2, -0.15) is 5.26 Å². The maximum absolute atomic E-state index is 12.0. The molecule has 0 aliphatic rings. The van der Waals surface area contributed by atoms with Gasteiger partial charge in [0.05, 0.1) is 10.6 Å². The van der Waals surface area contributed by atoms with Gasteiger partial charge in [-0.3, -0.25) is 4.98 Å². The number of hydrogen-bond acceptors (Lipinski definition) is 2. The number of hydrogen-bond donors (Lipinski definition) is 0. The highest BCUT2D eigenvalue weighted by Crippen LogP contribution is 2.24. The van der Waals surface area contributed by atoms with Gasteiger partial charge >= 0.3 is 0 Å². The van der Waals surface area contributed by atoms with Crippen molar-refractivity contribution in [2.45, 2.75) is 6.43 Å². The molecule has 0 N–H and O–H groups in total. The first-order valence-electron chi connectivity index (χ1n) is 2.99. The molecule has 1 heterocycles. The Kier molecular flexibility index (Phi) is 2.56. The van der Waals surface area contributed by atoms with E-state index in [9.17, 15) is 8.78 Å². The summed E-state index contributed by atoms with van der Waals surface area (Å²) in [5, 5.41) is 8.18. The lowest BCUT2D eigenvalue weighted by Gasteiger charge is -2.00. The SMILES string of the molecule is N#Cc1cnc(C(F)F)c(Cl)c1. The van der Waals surface area contributed by atoms with Crippen molar-refractivity contribution in [2.24, 2.45) is 0 Å². The molecular formula is C7H3ClF2N2. The maximum Gasteiger partial charge on any atom is 0.281 e. The quantitative estimate of drug-likeness (QED) is 0.679. The Morgan fingerprint density at radius 3 is 2.67 bits per heavy atom. The molecule has 0 amide bonds. The van der Waals surface area contributed by atoms with E-state index in [2.05, 4.69) is 4.98 Å². The van der Waals surface area contributed by atoms with Crippen LogP contribution in [0, 0.1) is 11.3 Å². The van der Waals surface area contributed by atoms with Crippen LogP contribution in [0.3, 0.4) is 0 Å². The lowest BCUT2D eigenvalue weighted by molar-refractivity contribution is 0.146. The molecule has 0 radical (unpaired) electrons. The van der Waals surface area contributed by atoms with E-state index in [4.69, 9.17) is 16.9 Å². The maximum atomic E-state index is 12.0. The molecule has 0 saturated heterocycles. The lowest BCUT2D eigenvalue weighted by atomic mass is 10.3. The summed E-state index contributed by atoms with van der Waals surface area (Å²) in [6, 6.07) is 2.90. The van der Waals surface area contributed by atoms with Crippen LogP contribution >= 0.6 is 11.6 Å². The zero-order valence-corrected chi connectivity index (χ0v) is 6.52. The second-order valence-electron chi connectivity index (χ2n) is 2.00. The van der Waals surface area contributed by atoms with E-state index in [-0.39, 0.29) is 10.6 Å². The molecule has 12 heavy (non-hydrogen) atoms. The van der Waals surface area contributed by atoms with Crippen molar-refractivity contribution in [1.82, 2.24) is 4.98 Å². The fourth-order valence-electron chi connectivity index (χ4n) is 0.670. The first-order valence-corrected chi connectivity index (χ1v) is 3.36. The summed E-state index contributed by atoms with van der Waals surface area (Å²) in [4.78, 5) is 3.34. The molecule has 0 bridgehead atoms. The molecule has 1 aromatic heterocycles. The summed E-state index contributed by atoms with van der Waals surface area (Å²) in [5.41, 5.74) is -0.319. The molecular weight excluding hydrogens is 186 g/mol. The van der Waals surface area contributed by atoms with E-state index in [1.165, 1.54) is 0 Å². The Morgan fingerprint density at radius 1 is 1.58 bits per heavy atom. The minimum Gasteiger partial charge on any atom is -0.252 e. The second kappa shape index (κ2) is 3.46. The van der Waals surface area contributed by atoms with Crippen molar-refractivity contribution in [2.75, 3.05) is 0 Å². The Bertz CT molecular complexity index is 333. The zero-order valence-electron chi connectivity index (χ0n) is 5.76. The molecule has 5 heteroatoms. The summed E-state index contributed by atoms with van der Waals surface area (Å²) < 4.78 is 24.1. The predicted octanol–water partition coefficient (Wildman–Crippen LogP) is 2.54.